The fraction of sp³-hybridized carbons (Fsp3) is 0.727. The summed E-state index contributed by atoms with van der Waals surface area (Å²) in [6, 6.07) is 0.388. The van der Waals surface area contributed by atoms with Crippen LogP contribution in [0.5, 0.6) is 0 Å². The number of imide groups is 1. The van der Waals surface area contributed by atoms with Crippen molar-refractivity contribution in [1.82, 2.24) is 20.9 Å². The van der Waals surface area contributed by atoms with Crippen molar-refractivity contribution >= 4 is 47.3 Å². The number of rotatable bonds is 16. The normalized spacial score (nSPS) is 23.7. The molecule has 3 atom stereocenters. The van der Waals surface area contributed by atoms with Gasteiger partial charge in [0.15, 0.2) is 0 Å². The average Bonchev–Trinajstić information content (AvgIpc) is 3.44. The maximum Gasteiger partial charge on any atom is 0.315 e. The number of hydrogen-bond acceptors (Lipinski definition) is 8. The second-order valence-corrected chi connectivity index (χ2v) is 10.8. The minimum Gasteiger partial charge on any atom is -0.377 e. The molecule has 3 N–H and O–H groups in total. The van der Waals surface area contributed by atoms with Gasteiger partial charge in [0.1, 0.15) is 0 Å². The molecule has 2 saturated heterocycles. The monoisotopic (exact) mass is 514 g/mol. The summed E-state index contributed by atoms with van der Waals surface area (Å²) in [5.41, 5.74) is 0. The summed E-state index contributed by atoms with van der Waals surface area (Å²) in [5, 5.41) is 9.20. The minimum absolute atomic E-state index is 0.0156. The van der Waals surface area contributed by atoms with Crippen LogP contribution in [0.2, 0.25) is 0 Å². The van der Waals surface area contributed by atoms with Crippen molar-refractivity contribution in [3.05, 3.63) is 11.0 Å². The fourth-order valence-corrected chi connectivity index (χ4v) is 6.33. The maximum atomic E-state index is 12.1. The number of urea groups is 1. The van der Waals surface area contributed by atoms with Crippen LogP contribution in [0.15, 0.2) is 11.0 Å². The smallest absolute Gasteiger partial charge is 0.315 e. The number of nitrogens with zero attached hydrogens (tertiary/aromatic N) is 1. The molecular formula is C22H34N4O6S2. The summed E-state index contributed by atoms with van der Waals surface area (Å²) in [6.07, 6.45) is 4.65. The zero-order valence-electron chi connectivity index (χ0n) is 19.5. The Bertz CT molecular complexity index is 780. The number of amides is 5. The largest absolute Gasteiger partial charge is 0.377 e. The van der Waals surface area contributed by atoms with Crippen molar-refractivity contribution in [3.8, 4) is 0 Å². The lowest BCUT2D eigenvalue weighted by atomic mass is 10.0. The highest BCUT2D eigenvalue weighted by atomic mass is 32.2. The Morgan fingerprint density at radius 1 is 1.18 bits per heavy atom. The van der Waals surface area contributed by atoms with E-state index in [-0.39, 0.29) is 49.0 Å². The molecule has 0 radical (unpaired) electrons. The lowest BCUT2D eigenvalue weighted by Gasteiger charge is -2.16. The second-order valence-electron chi connectivity index (χ2n) is 8.18. The van der Waals surface area contributed by atoms with E-state index in [1.807, 2.05) is 18.7 Å². The molecule has 0 unspecified atom stereocenters. The van der Waals surface area contributed by atoms with Crippen LogP contribution in [0, 0.1) is 0 Å². The first-order valence-corrected chi connectivity index (χ1v) is 13.8. The summed E-state index contributed by atoms with van der Waals surface area (Å²) < 4.78 is 10.9. The first kappa shape index (κ1) is 26.8. The summed E-state index contributed by atoms with van der Waals surface area (Å²) >= 11 is 3.26. The lowest BCUT2D eigenvalue weighted by molar-refractivity contribution is -0.137. The van der Waals surface area contributed by atoms with Crippen molar-refractivity contribution in [2.45, 2.75) is 49.9 Å². The van der Waals surface area contributed by atoms with Crippen LogP contribution in [0.4, 0.5) is 4.79 Å². The van der Waals surface area contributed by atoms with E-state index < -0.39 is 0 Å². The molecule has 10 nitrogen and oxygen atoms in total. The van der Waals surface area contributed by atoms with Gasteiger partial charge >= 0.3 is 6.03 Å². The van der Waals surface area contributed by atoms with Gasteiger partial charge in [0.05, 0.1) is 50.0 Å². The molecule has 3 rings (SSSR count). The van der Waals surface area contributed by atoms with E-state index in [9.17, 15) is 19.2 Å². The molecule has 190 valence electrons. The zero-order valence-corrected chi connectivity index (χ0v) is 21.1. The Balaban J connectivity index is 1.11. The van der Waals surface area contributed by atoms with Crippen LogP contribution < -0.4 is 16.0 Å². The SMILES string of the molecule is CCSC1=CC(=O)N(CCOCCOCCNC(=O)CCCC[C@@H]2SC[C@@H]3NC(=O)N[C@@H]32)C1=O. The molecule has 2 fully saturated rings. The Morgan fingerprint density at radius 2 is 1.97 bits per heavy atom. The Kier molecular flexibility index (Phi) is 11.0. The number of hydrogen-bond donors (Lipinski definition) is 3. The summed E-state index contributed by atoms with van der Waals surface area (Å²) in [5.74, 6) is 1.17. The second kappa shape index (κ2) is 14.0. The van der Waals surface area contributed by atoms with Gasteiger partial charge < -0.3 is 25.4 Å². The third-order valence-corrected chi connectivity index (χ3v) is 8.16. The van der Waals surface area contributed by atoms with E-state index in [0.717, 1.165) is 30.8 Å². The number of thioether (sulfide) groups is 2. The molecule has 0 saturated carbocycles. The van der Waals surface area contributed by atoms with Crippen molar-refractivity contribution < 1.29 is 28.7 Å². The van der Waals surface area contributed by atoms with Crippen molar-refractivity contribution in [3.63, 3.8) is 0 Å². The molecule has 5 amide bonds. The highest BCUT2D eigenvalue weighted by molar-refractivity contribution is 8.04. The van der Waals surface area contributed by atoms with Crippen LogP contribution in [-0.2, 0) is 23.9 Å². The Morgan fingerprint density at radius 3 is 2.76 bits per heavy atom. The summed E-state index contributed by atoms with van der Waals surface area (Å²) in [6.45, 7) is 3.99. The average molecular weight is 515 g/mol. The number of carbonyl (C=O) groups excluding carboxylic acids is 4. The van der Waals surface area contributed by atoms with Crippen LogP contribution in [-0.4, -0.2) is 97.0 Å². The molecule has 0 bridgehead atoms. The van der Waals surface area contributed by atoms with Gasteiger partial charge in [0.25, 0.3) is 11.8 Å². The molecular weight excluding hydrogens is 480 g/mol. The molecule has 0 aromatic rings. The number of carbonyl (C=O) groups is 4. The van der Waals surface area contributed by atoms with E-state index in [1.165, 1.54) is 22.7 Å². The van der Waals surface area contributed by atoms with Gasteiger partial charge in [-0.15, -0.1) is 11.8 Å². The molecule has 3 aliphatic heterocycles. The number of ether oxygens (including phenoxy) is 2. The van der Waals surface area contributed by atoms with Gasteiger partial charge in [0.2, 0.25) is 5.91 Å². The van der Waals surface area contributed by atoms with Crippen LogP contribution >= 0.6 is 23.5 Å². The van der Waals surface area contributed by atoms with Gasteiger partial charge in [-0.05, 0) is 18.6 Å². The molecule has 0 spiro atoms. The zero-order chi connectivity index (χ0) is 24.3. The molecule has 0 aromatic heterocycles. The minimum atomic E-state index is -0.290. The van der Waals surface area contributed by atoms with E-state index >= 15 is 0 Å². The van der Waals surface area contributed by atoms with Gasteiger partial charge in [0, 0.05) is 30.0 Å². The van der Waals surface area contributed by atoms with Crippen LogP contribution in [0.1, 0.15) is 32.6 Å². The van der Waals surface area contributed by atoms with Gasteiger partial charge in [-0.3, -0.25) is 19.3 Å². The van der Waals surface area contributed by atoms with E-state index in [0.29, 0.717) is 42.9 Å². The third kappa shape index (κ3) is 7.89. The van der Waals surface area contributed by atoms with Crippen molar-refractivity contribution in [2.24, 2.45) is 0 Å². The molecule has 3 heterocycles. The highest BCUT2D eigenvalue weighted by Crippen LogP contribution is 2.33. The van der Waals surface area contributed by atoms with Gasteiger partial charge in [-0.1, -0.05) is 13.3 Å². The first-order chi connectivity index (χ1) is 16.5. The number of fused-ring (bicyclic) bond motifs is 1. The third-order valence-electron chi connectivity index (χ3n) is 5.76. The van der Waals surface area contributed by atoms with E-state index in [1.54, 1.807) is 0 Å². The summed E-state index contributed by atoms with van der Waals surface area (Å²) in [4.78, 5) is 49.0. The summed E-state index contributed by atoms with van der Waals surface area (Å²) in [7, 11) is 0. The molecule has 0 aromatic carbocycles. The first-order valence-electron chi connectivity index (χ1n) is 11.8. The fourth-order valence-electron chi connectivity index (χ4n) is 4.06. The predicted molar refractivity (Wildman–Crippen MR) is 132 cm³/mol. The molecule has 0 aliphatic carbocycles. The van der Waals surface area contributed by atoms with E-state index in [2.05, 4.69) is 16.0 Å². The lowest BCUT2D eigenvalue weighted by Crippen LogP contribution is -2.36. The number of nitrogens with one attached hydrogen (secondary N) is 3. The Hall–Kier alpha value is -1.76. The quantitative estimate of drug-likeness (QED) is 0.157. The number of unbranched alkanes of at least 4 members (excludes halogenated alkanes) is 1. The van der Waals surface area contributed by atoms with Crippen LogP contribution in [0.3, 0.4) is 0 Å². The predicted octanol–water partition coefficient (Wildman–Crippen LogP) is 0.867. The molecule has 12 heteroatoms. The van der Waals surface area contributed by atoms with Crippen molar-refractivity contribution in [2.75, 3.05) is 51.0 Å². The molecule has 34 heavy (non-hydrogen) atoms. The van der Waals surface area contributed by atoms with Crippen molar-refractivity contribution in [1.29, 1.82) is 0 Å². The van der Waals surface area contributed by atoms with E-state index in [4.69, 9.17) is 9.47 Å². The van der Waals surface area contributed by atoms with Gasteiger partial charge in [-0.25, -0.2) is 4.79 Å². The highest BCUT2D eigenvalue weighted by Gasteiger charge is 2.42. The Labute approximate surface area is 208 Å². The topological polar surface area (TPSA) is 126 Å². The maximum absolute atomic E-state index is 12.1. The standard InChI is InChI=1S/C22H34N4O6S2/c1-2-33-17-13-19(28)26(21(17)29)8-10-32-12-11-31-9-7-23-18(27)6-4-3-5-16-20-15(14-34-16)24-22(30)25-20/h13,15-16,20H,2-12,14H2,1H3,(H,23,27)(H2,24,25,30)/t15-,16-,20-/m0/s1. The van der Waals surface area contributed by atoms with Crippen LogP contribution in [0.25, 0.3) is 0 Å². The molecule has 3 aliphatic rings. The van der Waals surface area contributed by atoms with Gasteiger partial charge in [-0.2, -0.15) is 11.8 Å².